The molecule has 0 radical (unpaired) electrons. The van der Waals surface area contributed by atoms with Gasteiger partial charge in [-0.15, -0.1) is 0 Å². The third-order valence-electron chi connectivity index (χ3n) is 6.30. The second-order valence-corrected chi connectivity index (χ2v) is 8.99. The van der Waals surface area contributed by atoms with E-state index < -0.39 is 5.60 Å². The molecule has 1 aromatic carbocycles. The number of nitrogens with two attached hydrogens (primary N) is 1. The zero-order valence-corrected chi connectivity index (χ0v) is 18.9. The van der Waals surface area contributed by atoms with Crippen LogP contribution in [0.15, 0.2) is 36.8 Å². The normalized spacial score (nSPS) is 20.2. The van der Waals surface area contributed by atoms with Crippen molar-refractivity contribution in [1.82, 2.24) is 19.5 Å². The quantitative estimate of drug-likeness (QED) is 0.472. The number of hydrogen-bond acceptors (Lipinski definition) is 8. The molecule has 1 saturated heterocycles. The monoisotopic (exact) mass is 465 g/mol. The molecule has 2 aromatic heterocycles. The Labute approximate surface area is 196 Å². The molecule has 5 rings (SSSR count). The molecule has 178 valence electrons. The molecule has 2 aliphatic heterocycles. The number of primary amides is 1. The Hall–Kier alpha value is -3.70. The van der Waals surface area contributed by atoms with Crippen LogP contribution in [-0.4, -0.2) is 81.4 Å². The number of nitrogens with zero attached hydrogens (tertiary/aromatic N) is 5. The van der Waals surface area contributed by atoms with Crippen LogP contribution >= 0.6 is 0 Å². The summed E-state index contributed by atoms with van der Waals surface area (Å²) in [4.78, 5) is 33.0. The van der Waals surface area contributed by atoms with E-state index >= 15 is 0 Å². The Balaban J connectivity index is 1.45. The summed E-state index contributed by atoms with van der Waals surface area (Å²) >= 11 is 0. The van der Waals surface area contributed by atoms with E-state index in [1.807, 2.05) is 24.0 Å². The van der Waals surface area contributed by atoms with Gasteiger partial charge in [0, 0.05) is 56.6 Å². The van der Waals surface area contributed by atoms with E-state index in [1.54, 1.807) is 23.0 Å². The lowest BCUT2D eigenvalue weighted by molar-refractivity contribution is -0.119. The molecule has 0 spiro atoms. The van der Waals surface area contributed by atoms with E-state index in [0.717, 1.165) is 11.3 Å². The van der Waals surface area contributed by atoms with E-state index in [-0.39, 0.29) is 25.0 Å². The predicted molar refractivity (Wildman–Crippen MR) is 125 cm³/mol. The average molecular weight is 466 g/mol. The number of piperazine rings is 1. The van der Waals surface area contributed by atoms with E-state index in [9.17, 15) is 14.7 Å². The number of nitrogens with one attached hydrogen (secondary N) is 1. The lowest BCUT2D eigenvalue weighted by Crippen LogP contribution is -2.49. The van der Waals surface area contributed by atoms with E-state index in [0.29, 0.717) is 55.2 Å². The van der Waals surface area contributed by atoms with Crippen LogP contribution in [0.25, 0.3) is 5.65 Å². The third kappa shape index (κ3) is 4.15. The Morgan fingerprint density at radius 1 is 1.26 bits per heavy atom. The highest BCUT2D eigenvalue weighted by molar-refractivity contribution is 6.09. The maximum atomic E-state index is 13.2. The van der Waals surface area contributed by atoms with Gasteiger partial charge in [-0.25, -0.2) is 9.50 Å². The number of amides is 2. The lowest BCUT2D eigenvalue weighted by Gasteiger charge is -2.36. The molecule has 4 N–H and O–H groups in total. The Bertz CT molecular complexity index is 1250. The van der Waals surface area contributed by atoms with Crippen molar-refractivity contribution in [3.05, 3.63) is 47.9 Å². The second-order valence-electron chi connectivity index (χ2n) is 8.99. The smallest absolute Gasteiger partial charge is 0.261 e. The minimum atomic E-state index is -0.700. The van der Waals surface area contributed by atoms with Crippen molar-refractivity contribution in [2.75, 3.05) is 49.5 Å². The van der Waals surface area contributed by atoms with E-state index in [1.165, 1.54) is 6.20 Å². The topological polar surface area (TPSA) is 138 Å². The maximum absolute atomic E-state index is 13.2. The highest BCUT2D eigenvalue weighted by Gasteiger charge is 2.36. The Morgan fingerprint density at radius 2 is 2.06 bits per heavy atom. The van der Waals surface area contributed by atoms with Crippen molar-refractivity contribution >= 4 is 28.8 Å². The van der Waals surface area contributed by atoms with E-state index in [2.05, 4.69) is 20.3 Å². The van der Waals surface area contributed by atoms with Gasteiger partial charge >= 0.3 is 0 Å². The summed E-state index contributed by atoms with van der Waals surface area (Å²) in [7, 11) is 0. The van der Waals surface area contributed by atoms with Crippen LogP contribution in [0, 0.1) is 0 Å². The summed E-state index contributed by atoms with van der Waals surface area (Å²) in [5, 5.41) is 17.0. The second kappa shape index (κ2) is 8.58. The van der Waals surface area contributed by atoms with Crippen molar-refractivity contribution in [3.8, 4) is 5.75 Å². The molecule has 1 unspecified atom stereocenters. The molecule has 0 saturated carbocycles. The van der Waals surface area contributed by atoms with Crippen molar-refractivity contribution in [2.24, 2.45) is 5.73 Å². The first-order valence-corrected chi connectivity index (χ1v) is 11.2. The summed E-state index contributed by atoms with van der Waals surface area (Å²) in [6.07, 6.45) is 5.39. The highest BCUT2D eigenvalue weighted by atomic mass is 16.5. The molecule has 11 nitrogen and oxygen atoms in total. The fraction of sp³-hybridized carbons (Fsp3) is 0.391. The average Bonchev–Trinajstić information content (AvgIpc) is 3.39. The Morgan fingerprint density at radius 3 is 2.79 bits per heavy atom. The van der Waals surface area contributed by atoms with Gasteiger partial charge < -0.3 is 25.8 Å². The number of hydrogen-bond donors (Lipinski definition) is 3. The van der Waals surface area contributed by atoms with E-state index in [4.69, 9.17) is 10.5 Å². The first kappa shape index (κ1) is 22.1. The first-order valence-electron chi connectivity index (χ1n) is 11.2. The van der Waals surface area contributed by atoms with Gasteiger partial charge in [-0.2, -0.15) is 5.10 Å². The van der Waals surface area contributed by atoms with Crippen LogP contribution in [0.3, 0.4) is 0 Å². The molecule has 34 heavy (non-hydrogen) atoms. The Kier molecular flexibility index (Phi) is 5.58. The number of fused-ring (bicyclic) bond motifs is 2. The minimum absolute atomic E-state index is 0.113. The molecule has 2 aliphatic rings. The van der Waals surface area contributed by atoms with Gasteiger partial charge in [0.1, 0.15) is 16.9 Å². The number of rotatable bonds is 6. The molecular formula is C23H27N7O4. The number of aliphatic hydroxyl groups is 1. The zero-order valence-electron chi connectivity index (χ0n) is 18.9. The molecule has 11 heteroatoms. The summed E-state index contributed by atoms with van der Waals surface area (Å²) in [5.74, 6) is 0.0329. The van der Waals surface area contributed by atoms with Crippen LogP contribution in [0.5, 0.6) is 5.75 Å². The third-order valence-corrected chi connectivity index (χ3v) is 6.30. The molecule has 0 aliphatic carbocycles. The van der Waals surface area contributed by atoms with Crippen molar-refractivity contribution < 1.29 is 19.4 Å². The fourth-order valence-corrected chi connectivity index (χ4v) is 4.55. The largest absolute Gasteiger partial charge is 0.484 e. The molecule has 1 fully saturated rings. The minimum Gasteiger partial charge on any atom is -0.484 e. The molecule has 4 heterocycles. The zero-order chi connectivity index (χ0) is 23.9. The lowest BCUT2D eigenvalue weighted by atomic mass is 9.99. The van der Waals surface area contributed by atoms with Crippen molar-refractivity contribution in [3.63, 3.8) is 0 Å². The van der Waals surface area contributed by atoms with Gasteiger partial charge in [-0.3, -0.25) is 14.5 Å². The van der Waals surface area contributed by atoms with Gasteiger partial charge in [-0.05, 0) is 19.1 Å². The van der Waals surface area contributed by atoms with Crippen molar-refractivity contribution in [1.29, 1.82) is 0 Å². The van der Waals surface area contributed by atoms with Gasteiger partial charge in [0.25, 0.3) is 5.91 Å². The predicted octanol–water partition coefficient (Wildman–Crippen LogP) is 0.275. The summed E-state index contributed by atoms with van der Waals surface area (Å²) in [6, 6.07) is 5.58. The van der Waals surface area contributed by atoms with Gasteiger partial charge in [0.05, 0.1) is 30.7 Å². The maximum Gasteiger partial charge on any atom is 0.261 e. The number of anilines is 2. The summed E-state index contributed by atoms with van der Waals surface area (Å²) < 4.78 is 7.61. The number of carbonyl (C=O) groups is 2. The number of aromatic nitrogens is 3. The van der Waals surface area contributed by atoms with Crippen LogP contribution in [0.4, 0.5) is 11.4 Å². The van der Waals surface area contributed by atoms with Gasteiger partial charge in [0.15, 0.2) is 5.65 Å². The molecule has 1 atom stereocenters. The number of carbonyl (C=O) groups excluding carboxylic acids is 2. The summed E-state index contributed by atoms with van der Waals surface area (Å²) in [6.45, 7) is 4.62. The van der Waals surface area contributed by atoms with Crippen LogP contribution < -0.4 is 20.7 Å². The van der Waals surface area contributed by atoms with Crippen LogP contribution in [0.2, 0.25) is 0 Å². The fourth-order valence-electron chi connectivity index (χ4n) is 4.55. The highest BCUT2D eigenvalue weighted by Crippen LogP contribution is 2.42. The molecule has 0 bridgehead atoms. The first-order chi connectivity index (χ1) is 16.3. The molecule has 2 amide bonds. The number of benzene rings is 1. The van der Waals surface area contributed by atoms with Gasteiger partial charge in [0.2, 0.25) is 5.91 Å². The summed E-state index contributed by atoms with van der Waals surface area (Å²) in [5.41, 5.74) is 7.87. The van der Waals surface area contributed by atoms with Crippen LogP contribution in [-0.2, 0) is 11.2 Å². The van der Waals surface area contributed by atoms with Gasteiger partial charge in [-0.1, -0.05) is 0 Å². The SMILES string of the molecule is CC1(CO)Cc2cc(NC(=O)c3cnn4cccnc34)c(N3CCN(CC(N)=O)CC3)cc2O1. The van der Waals surface area contributed by atoms with Crippen LogP contribution in [0.1, 0.15) is 22.8 Å². The number of ether oxygens (including phenoxy) is 1. The van der Waals surface area contributed by atoms with Crippen molar-refractivity contribution in [2.45, 2.75) is 18.9 Å². The standard InChI is InChI=1S/C23H27N7O4/c1-23(14-31)11-15-9-17(27-22(33)16-12-26-30-4-2-3-25-21(16)30)18(10-19(15)34-23)29-7-5-28(6-8-29)13-20(24)32/h2-4,9-10,12,31H,5-8,11,13-14H2,1H3,(H2,24,32)(H,27,33). The molecule has 3 aromatic rings. The molecular weight excluding hydrogens is 438 g/mol. The number of aliphatic hydroxyl groups excluding tert-OH is 1.